The molecule has 2 heterocycles. The number of ether oxygens (including phenoxy) is 2. The van der Waals surface area contributed by atoms with Crippen LogP contribution in [-0.4, -0.2) is 56.3 Å². The lowest BCUT2D eigenvalue weighted by atomic mass is 9.95. The molecule has 1 aromatic rings. The second-order valence-corrected chi connectivity index (χ2v) is 6.76. The molecule has 0 saturated carbocycles. The van der Waals surface area contributed by atoms with Crippen molar-refractivity contribution in [3.63, 3.8) is 0 Å². The maximum atomic E-state index is 12.3. The van der Waals surface area contributed by atoms with E-state index in [1.54, 1.807) is 0 Å². The molecule has 132 valence electrons. The Bertz CT molecular complexity index is 517. The average molecular weight is 332 g/mol. The summed E-state index contributed by atoms with van der Waals surface area (Å²) in [5.41, 5.74) is 1.25. The third-order valence-corrected chi connectivity index (χ3v) is 4.92. The molecule has 3 atom stereocenters. The summed E-state index contributed by atoms with van der Waals surface area (Å²) in [5.74, 6) is 0.689. The maximum Gasteiger partial charge on any atom is 0.224 e. The van der Waals surface area contributed by atoms with Crippen molar-refractivity contribution in [2.45, 2.75) is 31.9 Å². The van der Waals surface area contributed by atoms with Crippen LogP contribution in [0.25, 0.3) is 0 Å². The first-order chi connectivity index (χ1) is 11.7. The summed E-state index contributed by atoms with van der Waals surface area (Å²) in [5, 5.41) is 3.54. The van der Waals surface area contributed by atoms with Crippen molar-refractivity contribution >= 4 is 5.91 Å². The Labute approximate surface area is 144 Å². The quantitative estimate of drug-likeness (QED) is 0.866. The summed E-state index contributed by atoms with van der Waals surface area (Å²) in [6, 6.07) is 10.6. The van der Waals surface area contributed by atoms with Gasteiger partial charge >= 0.3 is 0 Å². The molecule has 2 saturated heterocycles. The van der Waals surface area contributed by atoms with Crippen molar-refractivity contribution in [3.8, 4) is 0 Å². The third kappa shape index (κ3) is 4.56. The predicted octanol–water partition coefficient (Wildman–Crippen LogP) is 1.99. The van der Waals surface area contributed by atoms with Gasteiger partial charge in [0.15, 0.2) is 0 Å². The van der Waals surface area contributed by atoms with Gasteiger partial charge in [0, 0.05) is 44.6 Å². The molecule has 0 aromatic heterocycles. The van der Waals surface area contributed by atoms with Gasteiger partial charge in [-0.3, -0.25) is 4.79 Å². The number of carbonyl (C=O) groups excluding carboxylic acids is 1. The summed E-state index contributed by atoms with van der Waals surface area (Å²) in [4.78, 5) is 14.2. The molecule has 0 aliphatic carbocycles. The van der Waals surface area contributed by atoms with Crippen LogP contribution in [0.1, 0.15) is 31.4 Å². The van der Waals surface area contributed by atoms with Crippen molar-refractivity contribution in [1.82, 2.24) is 10.2 Å². The normalized spacial score (nSPS) is 25.6. The molecule has 5 nitrogen and oxygen atoms in total. The van der Waals surface area contributed by atoms with Crippen LogP contribution in [0.5, 0.6) is 0 Å². The lowest BCUT2D eigenvalue weighted by molar-refractivity contribution is -0.135. The molecule has 2 aliphatic heterocycles. The van der Waals surface area contributed by atoms with Gasteiger partial charge in [-0.25, -0.2) is 0 Å². The van der Waals surface area contributed by atoms with Gasteiger partial charge < -0.3 is 19.7 Å². The highest BCUT2D eigenvalue weighted by atomic mass is 16.5. The standard InChI is InChI=1S/C19H28N2O3/c1-15(13-18(22)21-8-11-23-12-9-21)20-14-17-7-10-24-19(17)16-5-3-2-4-6-16/h2-6,15,17,19-20H,7-14H2,1H3/t15-,17+,19+/m1/s1. The molecule has 1 N–H and O–H groups in total. The van der Waals surface area contributed by atoms with Gasteiger partial charge in [-0.15, -0.1) is 0 Å². The molecule has 2 aliphatic rings. The summed E-state index contributed by atoms with van der Waals surface area (Å²) in [6.45, 7) is 6.55. The van der Waals surface area contributed by atoms with Crippen LogP contribution in [0.4, 0.5) is 0 Å². The predicted molar refractivity (Wildman–Crippen MR) is 92.7 cm³/mol. The Balaban J connectivity index is 1.45. The Kier molecular flexibility index (Phi) is 6.24. The van der Waals surface area contributed by atoms with Gasteiger partial charge in [0.05, 0.1) is 19.3 Å². The van der Waals surface area contributed by atoms with E-state index in [2.05, 4.69) is 36.5 Å². The molecule has 0 unspecified atom stereocenters. The number of amides is 1. The minimum atomic E-state index is 0.167. The smallest absolute Gasteiger partial charge is 0.224 e. The lowest BCUT2D eigenvalue weighted by Crippen LogP contribution is -2.43. The molecular weight excluding hydrogens is 304 g/mol. The number of rotatable bonds is 6. The largest absolute Gasteiger partial charge is 0.378 e. The van der Waals surface area contributed by atoms with E-state index >= 15 is 0 Å². The van der Waals surface area contributed by atoms with Crippen molar-refractivity contribution in [1.29, 1.82) is 0 Å². The minimum Gasteiger partial charge on any atom is -0.378 e. The van der Waals surface area contributed by atoms with Crippen LogP contribution in [0.15, 0.2) is 30.3 Å². The van der Waals surface area contributed by atoms with E-state index < -0.39 is 0 Å². The summed E-state index contributed by atoms with van der Waals surface area (Å²) in [7, 11) is 0. The number of hydrogen-bond acceptors (Lipinski definition) is 4. The molecule has 0 radical (unpaired) electrons. The van der Waals surface area contributed by atoms with Gasteiger partial charge in [0.2, 0.25) is 5.91 Å². The molecule has 0 spiro atoms. The second-order valence-electron chi connectivity index (χ2n) is 6.76. The Morgan fingerprint density at radius 1 is 1.25 bits per heavy atom. The summed E-state index contributed by atoms with van der Waals surface area (Å²) >= 11 is 0. The van der Waals surface area contributed by atoms with Crippen LogP contribution in [0.3, 0.4) is 0 Å². The van der Waals surface area contributed by atoms with E-state index in [9.17, 15) is 4.79 Å². The Hall–Kier alpha value is -1.43. The van der Waals surface area contributed by atoms with Crippen LogP contribution in [0.2, 0.25) is 0 Å². The molecule has 24 heavy (non-hydrogen) atoms. The highest BCUT2D eigenvalue weighted by molar-refractivity contribution is 5.76. The van der Waals surface area contributed by atoms with Gasteiger partial charge in [-0.2, -0.15) is 0 Å². The first kappa shape index (κ1) is 17.4. The average Bonchev–Trinajstić information content (AvgIpc) is 3.10. The zero-order valence-electron chi connectivity index (χ0n) is 14.4. The zero-order valence-corrected chi connectivity index (χ0v) is 14.4. The Morgan fingerprint density at radius 2 is 2.00 bits per heavy atom. The van der Waals surface area contributed by atoms with Crippen LogP contribution >= 0.6 is 0 Å². The van der Waals surface area contributed by atoms with E-state index in [1.165, 1.54) is 5.56 Å². The van der Waals surface area contributed by atoms with E-state index in [4.69, 9.17) is 9.47 Å². The van der Waals surface area contributed by atoms with Crippen molar-refractivity contribution in [2.75, 3.05) is 39.5 Å². The molecule has 0 bridgehead atoms. The van der Waals surface area contributed by atoms with Crippen LogP contribution in [0, 0.1) is 5.92 Å². The fourth-order valence-electron chi connectivity index (χ4n) is 3.48. The first-order valence-electron chi connectivity index (χ1n) is 8.99. The highest BCUT2D eigenvalue weighted by Gasteiger charge is 2.29. The lowest BCUT2D eigenvalue weighted by Gasteiger charge is -2.28. The topological polar surface area (TPSA) is 50.8 Å². The number of benzene rings is 1. The number of nitrogens with one attached hydrogen (secondary N) is 1. The number of carbonyl (C=O) groups is 1. The first-order valence-corrected chi connectivity index (χ1v) is 8.99. The summed E-state index contributed by atoms with van der Waals surface area (Å²) in [6.07, 6.45) is 1.78. The number of morpholine rings is 1. The van der Waals surface area contributed by atoms with E-state index in [0.717, 1.165) is 32.7 Å². The van der Waals surface area contributed by atoms with Gasteiger partial charge in [-0.05, 0) is 18.9 Å². The second kappa shape index (κ2) is 8.60. The van der Waals surface area contributed by atoms with Gasteiger partial charge in [-0.1, -0.05) is 30.3 Å². The van der Waals surface area contributed by atoms with Gasteiger partial charge in [0.25, 0.3) is 0 Å². The molecule has 2 fully saturated rings. The minimum absolute atomic E-state index is 0.167. The van der Waals surface area contributed by atoms with Crippen molar-refractivity contribution in [3.05, 3.63) is 35.9 Å². The molecule has 1 amide bonds. The zero-order chi connectivity index (χ0) is 16.8. The van der Waals surface area contributed by atoms with Crippen molar-refractivity contribution in [2.24, 2.45) is 5.92 Å². The van der Waals surface area contributed by atoms with E-state index in [0.29, 0.717) is 25.6 Å². The Morgan fingerprint density at radius 3 is 2.75 bits per heavy atom. The van der Waals surface area contributed by atoms with Crippen molar-refractivity contribution < 1.29 is 14.3 Å². The van der Waals surface area contributed by atoms with Crippen LogP contribution in [-0.2, 0) is 14.3 Å². The third-order valence-electron chi connectivity index (χ3n) is 4.92. The van der Waals surface area contributed by atoms with Crippen LogP contribution < -0.4 is 5.32 Å². The fraction of sp³-hybridized carbons (Fsp3) is 0.632. The summed E-state index contributed by atoms with van der Waals surface area (Å²) < 4.78 is 11.2. The molecule has 3 rings (SSSR count). The molecular formula is C19H28N2O3. The SMILES string of the molecule is C[C@H](CC(=O)N1CCOCC1)NC[C@@H]1CCO[C@H]1c1ccccc1. The van der Waals surface area contributed by atoms with E-state index in [1.807, 2.05) is 11.0 Å². The number of nitrogens with zero attached hydrogens (tertiary/aromatic N) is 1. The van der Waals surface area contributed by atoms with Gasteiger partial charge in [0.1, 0.15) is 0 Å². The monoisotopic (exact) mass is 332 g/mol. The fourth-order valence-corrected chi connectivity index (χ4v) is 3.48. The maximum absolute atomic E-state index is 12.3. The molecule has 1 aromatic carbocycles. The molecule has 5 heteroatoms. The highest BCUT2D eigenvalue weighted by Crippen LogP contribution is 2.33. The number of hydrogen-bond donors (Lipinski definition) is 1. The van der Waals surface area contributed by atoms with E-state index in [-0.39, 0.29) is 18.1 Å².